The molecule has 0 aliphatic carbocycles. The van der Waals surface area contributed by atoms with Crippen LogP contribution in [0.4, 0.5) is 4.39 Å². The van der Waals surface area contributed by atoms with Gasteiger partial charge in [-0.25, -0.2) is 9.37 Å². The highest BCUT2D eigenvalue weighted by Gasteiger charge is 2.21. The summed E-state index contributed by atoms with van der Waals surface area (Å²) in [6, 6.07) is 1.32. The molecule has 0 aliphatic heterocycles. The van der Waals surface area contributed by atoms with Gasteiger partial charge in [0.15, 0.2) is 5.82 Å². The molecule has 2 aromatic heterocycles. The van der Waals surface area contributed by atoms with Crippen molar-refractivity contribution in [3.63, 3.8) is 0 Å². The molecule has 7 heteroatoms. The lowest BCUT2D eigenvalue weighted by Crippen LogP contribution is -2.18. The summed E-state index contributed by atoms with van der Waals surface area (Å²) in [6.07, 6.45) is 3.15. The summed E-state index contributed by atoms with van der Waals surface area (Å²) in [7, 11) is 1.75. The van der Waals surface area contributed by atoms with Crippen molar-refractivity contribution in [3.05, 3.63) is 34.7 Å². The van der Waals surface area contributed by atoms with E-state index in [1.165, 1.54) is 17.7 Å². The van der Waals surface area contributed by atoms with Crippen molar-refractivity contribution in [3.8, 4) is 5.88 Å². The van der Waals surface area contributed by atoms with E-state index in [4.69, 9.17) is 4.74 Å². The highest BCUT2D eigenvalue weighted by molar-refractivity contribution is 7.05. The molecule has 2 aromatic rings. The summed E-state index contributed by atoms with van der Waals surface area (Å²) in [6.45, 7) is 2.16. The molecule has 18 heavy (non-hydrogen) atoms. The number of nitrogens with zero attached hydrogens (tertiary/aromatic N) is 3. The van der Waals surface area contributed by atoms with Crippen molar-refractivity contribution in [2.45, 2.75) is 13.0 Å². The molecule has 0 aromatic carbocycles. The van der Waals surface area contributed by atoms with E-state index in [1.54, 1.807) is 26.2 Å². The van der Waals surface area contributed by atoms with E-state index in [2.05, 4.69) is 19.9 Å². The van der Waals surface area contributed by atoms with Gasteiger partial charge in [0.25, 0.3) is 5.88 Å². The van der Waals surface area contributed by atoms with Gasteiger partial charge in [-0.3, -0.25) is 0 Å². The lowest BCUT2D eigenvalue weighted by Gasteiger charge is -2.15. The zero-order chi connectivity index (χ0) is 13.0. The molecule has 5 nitrogen and oxygen atoms in total. The maximum atomic E-state index is 14.2. The van der Waals surface area contributed by atoms with Crippen LogP contribution in [-0.2, 0) is 0 Å². The lowest BCUT2D eigenvalue weighted by atomic mass is 10.1. The van der Waals surface area contributed by atoms with Gasteiger partial charge in [-0.1, -0.05) is 4.49 Å². The average molecular weight is 268 g/mol. The van der Waals surface area contributed by atoms with Crippen LogP contribution in [-0.4, -0.2) is 28.2 Å². The minimum absolute atomic E-state index is 0.0210. The second kappa shape index (κ2) is 5.83. The monoisotopic (exact) mass is 268 g/mol. The molecule has 0 spiro atoms. The third kappa shape index (κ3) is 2.46. The molecular formula is C11H13FN4OS. The Morgan fingerprint density at radius 1 is 1.56 bits per heavy atom. The van der Waals surface area contributed by atoms with Crippen molar-refractivity contribution in [2.24, 2.45) is 0 Å². The van der Waals surface area contributed by atoms with Crippen LogP contribution in [0.1, 0.15) is 23.4 Å². The SMILES string of the molecule is CCOc1nccc(C(NC)c2cnns2)c1F. The molecule has 96 valence electrons. The molecule has 0 bridgehead atoms. The summed E-state index contributed by atoms with van der Waals surface area (Å²) >= 11 is 1.23. The number of rotatable bonds is 5. The van der Waals surface area contributed by atoms with Gasteiger partial charge < -0.3 is 10.1 Å². The number of aromatic nitrogens is 3. The number of hydrogen-bond acceptors (Lipinski definition) is 6. The fourth-order valence-electron chi connectivity index (χ4n) is 1.65. The van der Waals surface area contributed by atoms with Gasteiger partial charge in [-0.2, -0.15) is 0 Å². The van der Waals surface area contributed by atoms with Gasteiger partial charge in [0.2, 0.25) is 0 Å². The minimum atomic E-state index is -0.452. The number of halogens is 1. The molecule has 0 fully saturated rings. The highest BCUT2D eigenvalue weighted by atomic mass is 32.1. The predicted octanol–water partition coefficient (Wildman–Crippen LogP) is 1.78. The Labute approximate surface area is 108 Å². The second-order valence-electron chi connectivity index (χ2n) is 3.49. The maximum absolute atomic E-state index is 14.2. The Bertz CT molecular complexity index is 506. The van der Waals surface area contributed by atoms with Gasteiger partial charge in [0.1, 0.15) is 0 Å². The Balaban J connectivity index is 2.40. The Kier molecular flexibility index (Phi) is 4.16. The largest absolute Gasteiger partial charge is 0.476 e. The molecule has 2 rings (SSSR count). The van der Waals surface area contributed by atoms with Crippen LogP contribution in [0.2, 0.25) is 0 Å². The van der Waals surface area contributed by atoms with E-state index in [9.17, 15) is 4.39 Å². The number of hydrogen-bond donors (Lipinski definition) is 1. The fourth-order valence-corrected chi connectivity index (χ4v) is 2.28. The van der Waals surface area contributed by atoms with Crippen molar-refractivity contribution < 1.29 is 9.13 Å². The van der Waals surface area contributed by atoms with Gasteiger partial charge in [0, 0.05) is 11.8 Å². The van der Waals surface area contributed by atoms with Crippen LogP contribution in [0, 0.1) is 5.82 Å². The number of ether oxygens (including phenoxy) is 1. The molecule has 1 N–H and O–H groups in total. The third-order valence-electron chi connectivity index (χ3n) is 2.43. The molecule has 0 saturated heterocycles. The molecule has 0 aliphatic rings. The zero-order valence-electron chi connectivity index (χ0n) is 10.1. The van der Waals surface area contributed by atoms with Gasteiger partial charge >= 0.3 is 0 Å². The topological polar surface area (TPSA) is 59.9 Å². The van der Waals surface area contributed by atoms with Crippen LogP contribution in [0.25, 0.3) is 0 Å². The highest BCUT2D eigenvalue weighted by Crippen LogP contribution is 2.28. The summed E-state index contributed by atoms with van der Waals surface area (Å²) in [5.74, 6) is -0.431. The van der Waals surface area contributed by atoms with Crippen molar-refractivity contribution >= 4 is 11.5 Å². The molecule has 0 amide bonds. The van der Waals surface area contributed by atoms with Crippen molar-refractivity contribution in [1.82, 2.24) is 19.9 Å². The third-order valence-corrected chi connectivity index (χ3v) is 3.16. The molecule has 1 atom stereocenters. The minimum Gasteiger partial charge on any atom is -0.476 e. The van der Waals surface area contributed by atoms with E-state index in [0.29, 0.717) is 12.2 Å². The normalized spacial score (nSPS) is 12.4. The second-order valence-corrected chi connectivity index (χ2v) is 4.31. The van der Waals surface area contributed by atoms with Crippen LogP contribution in [0.15, 0.2) is 18.5 Å². The summed E-state index contributed by atoms with van der Waals surface area (Å²) < 4.78 is 23.2. The smallest absolute Gasteiger partial charge is 0.250 e. The van der Waals surface area contributed by atoms with E-state index >= 15 is 0 Å². The number of pyridine rings is 1. The van der Waals surface area contributed by atoms with Crippen LogP contribution in [0.3, 0.4) is 0 Å². The first-order chi connectivity index (χ1) is 8.77. The first-order valence-electron chi connectivity index (χ1n) is 5.49. The van der Waals surface area contributed by atoms with E-state index in [1.807, 2.05) is 0 Å². The van der Waals surface area contributed by atoms with Gasteiger partial charge in [-0.05, 0) is 31.6 Å². The Hall–Kier alpha value is -1.60. The van der Waals surface area contributed by atoms with E-state index in [-0.39, 0.29) is 11.9 Å². The zero-order valence-corrected chi connectivity index (χ0v) is 10.9. The predicted molar refractivity (Wildman–Crippen MR) is 66.2 cm³/mol. The van der Waals surface area contributed by atoms with E-state index < -0.39 is 5.82 Å². The fraction of sp³-hybridized carbons (Fsp3) is 0.364. The maximum Gasteiger partial charge on any atom is 0.250 e. The molecule has 2 heterocycles. The summed E-state index contributed by atoms with van der Waals surface area (Å²) in [5.41, 5.74) is 0.474. The number of nitrogens with one attached hydrogen (secondary N) is 1. The van der Waals surface area contributed by atoms with Crippen LogP contribution in [0.5, 0.6) is 5.88 Å². The summed E-state index contributed by atoms with van der Waals surface area (Å²) in [5, 5.41) is 6.80. The lowest BCUT2D eigenvalue weighted by molar-refractivity contribution is 0.305. The van der Waals surface area contributed by atoms with Gasteiger partial charge in [-0.15, -0.1) is 5.10 Å². The van der Waals surface area contributed by atoms with Crippen LogP contribution < -0.4 is 10.1 Å². The standard InChI is InChI=1S/C11H13FN4OS/c1-3-17-11-9(12)7(4-5-14-11)10(13-2)8-6-15-16-18-8/h4-6,10,13H,3H2,1-2H3. The van der Waals surface area contributed by atoms with Crippen molar-refractivity contribution in [1.29, 1.82) is 0 Å². The quantitative estimate of drug-likeness (QED) is 0.895. The first kappa shape index (κ1) is 12.8. The Morgan fingerprint density at radius 2 is 2.39 bits per heavy atom. The molecule has 1 unspecified atom stereocenters. The van der Waals surface area contributed by atoms with Gasteiger partial charge in [0.05, 0.1) is 23.7 Å². The first-order valence-corrected chi connectivity index (χ1v) is 6.27. The average Bonchev–Trinajstić information content (AvgIpc) is 2.89. The Morgan fingerprint density at radius 3 is 3.00 bits per heavy atom. The molecular weight excluding hydrogens is 255 g/mol. The molecule has 0 saturated carbocycles. The van der Waals surface area contributed by atoms with Crippen LogP contribution >= 0.6 is 11.5 Å². The van der Waals surface area contributed by atoms with Crippen molar-refractivity contribution in [2.75, 3.05) is 13.7 Å². The molecule has 0 radical (unpaired) electrons. The summed E-state index contributed by atoms with van der Waals surface area (Å²) in [4.78, 5) is 4.71. The van der Waals surface area contributed by atoms with E-state index in [0.717, 1.165) is 4.88 Å².